The maximum atomic E-state index is 10.2. The molecule has 1 aliphatic rings. The van der Waals surface area contributed by atoms with Gasteiger partial charge in [0.1, 0.15) is 0 Å². The molecule has 0 saturated carbocycles. The van der Waals surface area contributed by atoms with E-state index in [9.17, 15) is 5.11 Å². The summed E-state index contributed by atoms with van der Waals surface area (Å²) >= 11 is 0. The van der Waals surface area contributed by atoms with Gasteiger partial charge in [0, 0.05) is 25.3 Å². The zero-order chi connectivity index (χ0) is 13.7. The Labute approximate surface area is 115 Å². The molecule has 0 amide bonds. The Balaban J connectivity index is 1.90. The van der Waals surface area contributed by atoms with Gasteiger partial charge in [0.2, 0.25) is 0 Å². The molecule has 2 heterocycles. The van der Waals surface area contributed by atoms with Crippen LogP contribution in [0.15, 0.2) is 6.07 Å². The van der Waals surface area contributed by atoms with Gasteiger partial charge in [-0.3, -0.25) is 4.68 Å². The molecular weight excluding hydrogens is 240 g/mol. The highest BCUT2D eigenvalue weighted by molar-refractivity contribution is 5.11. The van der Waals surface area contributed by atoms with E-state index >= 15 is 0 Å². The minimum absolute atomic E-state index is 0.243. The van der Waals surface area contributed by atoms with Crippen molar-refractivity contribution >= 4 is 0 Å². The van der Waals surface area contributed by atoms with Crippen molar-refractivity contribution in [3.05, 3.63) is 17.5 Å². The molecule has 1 saturated heterocycles. The predicted molar refractivity (Wildman–Crippen MR) is 75.2 cm³/mol. The Hall–Kier alpha value is -0.870. The van der Waals surface area contributed by atoms with E-state index in [-0.39, 0.29) is 12.2 Å². The first-order valence-electron chi connectivity index (χ1n) is 7.58. The van der Waals surface area contributed by atoms with Gasteiger partial charge in [-0.2, -0.15) is 5.10 Å². The van der Waals surface area contributed by atoms with Crippen molar-refractivity contribution < 1.29 is 9.84 Å². The molecule has 2 atom stereocenters. The normalized spacial score (nSPS) is 21.5. The van der Waals surface area contributed by atoms with Crippen molar-refractivity contribution in [1.29, 1.82) is 0 Å². The van der Waals surface area contributed by atoms with Gasteiger partial charge in [0.15, 0.2) is 0 Å². The Bertz CT molecular complexity index is 383. The van der Waals surface area contributed by atoms with Crippen molar-refractivity contribution in [2.24, 2.45) is 0 Å². The quantitative estimate of drug-likeness (QED) is 0.859. The first-order chi connectivity index (χ1) is 9.22. The maximum absolute atomic E-state index is 10.2. The van der Waals surface area contributed by atoms with Gasteiger partial charge >= 0.3 is 0 Å². The molecule has 1 N–H and O–H groups in total. The number of hydrogen-bond donors (Lipinski definition) is 1. The van der Waals surface area contributed by atoms with Crippen LogP contribution in [0.4, 0.5) is 0 Å². The molecule has 0 radical (unpaired) electrons. The summed E-state index contributed by atoms with van der Waals surface area (Å²) in [5.74, 6) is 0. The highest BCUT2D eigenvalue weighted by atomic mass is 16.5. The lowest BCUT2D eigenvalue weighted by Gasteiger charge is -2.24. The average molecular weight is 266 g/mol. The molecular formula is C15H26N2O2. The van der Waals surface area contributed by atoms with Crippen LogP contribution in [-0.2, 0) is 24.1 Å². The highest BCUT2D eigenvalue weighted by Gasteiger charge is 2.19. The molecule has 1 aliphatic heterocycles. The average Bonchev–Trinajstić information content (AvgIpc) is 2.82. The number of hydrogen-bond acceptors (Lipinski definition) is 3. The number of aromatic nitrogens is 2. The van der Waals surface area contributed by atoms with Crippen molar-refractivity contribution in [3.8, 4) is 0 Å². The van der Waals surface area contributed by atoms with Crippen LogP contribution in [0.25, 0.3) is 0 Å². The number of aliphatic hydroxyl groups excluding tert-OH is 1. The Kier molecular flexibility index (Phi) is 5.40. The standard InChI is InChI=1S/C15H26N2O2/c1-3-12-9-13(17(4-2)16-12)10-14(18)11-15-7-5-6-8-19-15/h9,14-15,18H,3-8,10-11H2,1-2H3. The van der Waals surface area contributed by atoms with Crippen LogP contribution in [0.1, 0.15) is 50.9 Å². The molecule has 0 spiro atoms. The zero-order valence-electron chi connectivity index (χ0n) is 12.1. The summed E-state index contributed by atoms with van der Waals surface area (Å²) in [5.41, 5.74) is 2.25. The largest absolute Gasteiger partial charge is 0.393 e. The van der Waals surface area contributed by atoms with E-state index in [4.69, 9.17) is 4.74 Å². The predicted octanol–water partition coefficient (Wildman–Crippen LogP) is 2.33. The molecule has 1 fully saturated rings. The van der Waals surface area contributed by atoms with E-state index in [1.807, 2.05) is 4.68 Å². The molecule has 1 aromatic heterocycles. The van der Waals surface area contributed by atoms with Crippen LogP contribution in [0.5, 0.6) is 0 Å². The molecule has 108 valence electrons. The SMILES string of the molecule is CCc1cc(CC(O)CC2CCCCO2)n(CC)n1. The first-order valence-corrected chi connectivity index (χ1v) is 7.58. The van der Waals surface area contributed by atoms with Crippen LogP contribution in [-0.4, -0.2) is 33.7 Å². The van der Waals surface area contributed by atoms with Crippen molar-refractivity contribution in [1.82, 2.24) is 9.78 Å². The van der Waals surface area contributed by atoms with Crippen LogP contribution >= 0.6 is 0 Å². The maximum Gasteiger partial charge on any atom is 0.0624 e. The van der Waals surface area contributed by atoms with Crippen molar-refractivity contribution in [3.63, 3.8) is 0 Å². The second kappa shape index (κ2) is 7.06. The first kappa shape index (κ1) is 14.5. The summed E-state index contributed by atoms with van der Waals surface area (Å²) in [6.45, 7) is 5.91. The highest BCUT2D eigenvalue weighted by Crippen LogP contribution is 2.19. The number of aryl methyl sites for hydroxylation is 2. The molecule has 4 nitrogen and oxygen atoms in total. The number of aliphatic hydroxyl groups is 1. The number of rotatable bonds is 6. The summed E-state index contributed by atoms with van der Waals surface area (Å²) in [4.78, 5) is 0. The molecule has 19 heavy (non-hydrogen) atoms. The van der Waals surface area contributed by atoms with Gasteiger partial charge in [0.05, 0.1) is 17.9 Å². The van der Waals surface area contributed by atoms with Crippen molar-refractivity contribution in [2.45, 2.75) is 71.1 Å². The van der Waals surface area contributed by atoms with Crippen LogP contribution < -0.4 is 0 Å². The zero-order valence-corrected chi connectivity index (χ0v) is 12.1. The van der Waals surface area contributed by atoms with E-state index in [0.717, 1.165) is 50.2 Å². The molecule has 0 aromatic carbocycles. The summed E-state index contributed by atoms with van der Waals surface area (Å²) in [7, 11) is 0. The fourth-order valence-electron chi connectivity index (χ4n) is 2.75. The molecule has 4 heteroatoms. The lowest BCUT2D eigenvalue weighted by atomic mass is 10.0. The minimum atomic E-state index is -0.324. The molecule has 0 bridgehead atoms. The lowest BCUT2D eigenvalue weighted by Crippen LogP contribution is -2.26. The topological polar surface area (TPSA) is 47.3 Å². The van der Waals surface area contributed by atoms with Gasteiger partial charge < -0.3 is 9.84 Å². The smallest absolute Gasteiger partial charge is 0.0624 e. The van der Waals surface area contributed by atoms with E-state index < -0.39 is 0 Å². The number of nitrogens with zero attached hydrogens (tertiary/aromatic N) is 2. The third-order valence-corrected chi connectivity index (χ3v) is 3.83. The van der Waals surface area contributed by atoms with Gasteiger partial charge in [-0.15, -0.1) is 0 Å². The van der Waals surface area contributed by atoms with Crippen LogP contribution in [0, 0.1) is 0 Å². The van der Waals surface area contributed by atoms with Gasteiger partial charge in [-0.1, -0.05) is 6.92 Å². The summed E-state index contributed by atoms with van der Waals surface area (Å²) in [6, 6.07) is 2.12. The Morgan fingerprint density at radius 3 is 2.95 bits per heavy atom. The monoisotopic (exact) mass is 266 g/mol. The van der Waals surface area contributed by atoms with E-state index in [1.54, 1.807) is 0 Å². The summed E-state index contributed by atoms with van der Waals surface area (Å²) < 4.78 is 7.69. The third-order valence-electron chi connectivity index (χ3n) is 3.83. The molecule has 0 aliphatic carbocycles. The fourth-order valence-corrected chi connectivity index (χ4v) is 2.75. The number of ether oxygens (including phenoxy) is 1. The fraction of sp³-hybridized carbons (Fsp3) is 0.800. The molecule has 1 aromatic rings. The Morgan fingerprint density at radius 1 is 1.47 bits per heavy atom. The van der Waals surface area contributed by atoms with Crippen molar-refractivity contribution in [2.75, 3.05) is 6.61 Å². The van der Waals surface area contributed by atoms with Gasteiger partial charge in [-0.05, 0) is 45.1 Å². The second-order valence-corrected chi connectivity index (χ2v) is 5.38. The van der Waals surface area contributed by atoms with E-state index in [0.29, 0.717) is 6.42 Å². The summed E-state index contributed by atoms with van der Waals surface area (Å²) in [5, 5.41) is 14.8. The lowest BCUT2D eigenvalue weighted by molar-refractivity contribution is -0.0150. The molecule has 2 unspecified atom stereocenters. The minimum Gasteiger partial charge on any atom is -0.393 e. The van der Waals surface area contributed by atoms with Gasteiger partial charge in [-0.25, -0.2) is 0 Å². The van der Waals surface area contributed by atoms with E-state index in [1.165, 1.54) is 6.42 Å². The third kappa shape index (κ3) is 4.05. The van der Waals surface area contributed by atoms with Gasteiger partial charge in [0.25, 0.3) is 0 Å². The van der Waals surface area contributed by atoms with E-state index in [2.05, 4.69) is 25.0 Å². The second-order valence-electron chi connectivity index (χ2n) is 5.38. The van der Waals surface area contributed by atoms with Crippen LogP contribution in [0.2, 0.25) is 0 Å². The summed E-state index contributed by atoms with van der Waals surface area (Å²) in [6.07, 6.45) is 5.77. The molecule has 2 rings (SSSR count). The Morgan fingerprint density at radius 2 is 2.32 bits per heavy atom. The van der Waals surface area contributed by atoms with Crippen LogP contribution in [0.3, 0.4) is 0 Å².